The number of aromatic nitrogens is 1. The first-order valence-electron chi connectivity index (χ1n) is 6.67. The molecule has 112 valence electrons. The number of hydrogen-bond acceptors (Lipinski definition) is 5. The van der Waals surface area contributed by atoms with Crippen LogP contribution in [0.2, 0.25) is 0 Å². The molecule has 0 N–H and O–H groups in total. The number of carbonyl (C=O) groups excluding carboxylic acids is 2. The van der Waals surface area contributed by atoms with Crippen molar-refractivity contribution in [2.45, 2.75) is 25.7 Å². The van der Waals surface area contributed by atoms with Gasteiger partial charge in [0.05, 0.1) is 24.3 Å². The second-order valence-electron chi connectivity index (χ2n) is 4.45. The van der Waals surface area contributed by atoms with Crippen LogP contribution in [-0.4, -0.2) is 29.6 Å². The van der Waals surface area contributed by atoms with Gasteiger partial charge in [0.2, 0.25) is 0 Å². The standard InChI is InChI=1S/C15H17NO4S.K/c1-4-19-14(17)11-10-8-9(3)6-7-16(10)12(13(11)21)15(18)20-5-2;/h6-8,21H,4-5H2,1-3H3;/q;+1/p-1. The summed E-state index contributed by atoms with van der Waals surface area (Å²) in [6.45, 7) is 5.81. The van der Waals surface area contributed by atoms with Crippen molar-refractivity contribution in [3.63, 3.8) is 0 Å². The Labute approximate surface area is 177 Å². The van der Waals surface area contributed by atoms with Crippen LogP contribution in [0.4, 0.5) is 0 Å². The molecule has 0 amide bonds. The van der Waals surface area contributed by atoms with Gasteiger partial charge in [-0.1, -0.05) is 0 Å². The first kappa shape index (κ1) is 19.6. The minimum Gasteiger partial charge on any atom is -0.777 e. The molecule has 0 atom stereocenters. The van der Waals surface area contributed by atoms with Gasteiger partial charge in [0.25, 0.3) is 0 Å². The molecule has 0 saturated carbocycles. The second-order valence-corrected chi connectivity index (χ2v) is 4.86. The zero-order valence-electron chi connectivity index (χ0n) is 13.1. The fourth-order valence-electron chi connectivity index (χ4n) is 2.13. The van der Waals surface area contributed by atoms with E-state index in [0.29, 0.717) is 5.52 Å². The average Bonchev–Trinajstić information content (AvgIpc) is 2.70. The number of fused-ring (bicyclic) bond motifs is 1. The van der Waals surface area contributed by atoms with E-state index < -0.39 is 11.9 Å². The van der Waals surface area contributed by atoms with Crippen molar-refractivity contribution in [1.29, 1.82) is 0 Å². The fraction of sp³-hybridized carbons (Fsp3) is 0.333. The summed E-state index contributed by atoms with van der Waals surface area (Å²) in [5.74, 6) is -1.07. The molecule has 0 aliphatic heterocycles. The first-order chi connectivity index (χ1) is 10.0. The van der Waals surface area contributed by atoms with Crippen LogP contribution in [0.1, 0.15) is 40.3 Å². The van der Waals surface area contributed by atoms with E-state index in [4.69, 9.17) is 22.1 Å². The van der Waals surface area contributed by atoms with Gasteiger partial charge in [-0.05, 0) is 38.5 Å². The van der Waals surface area contributed by atoms with E-state index in [9.17, 15) is 9.59 Å². The third kappa shape index (κ3) is 3.72. The van der Waals surface area contributed by atoms with E-state index >= 15 is 0 Å². The van der Waals surface area contributed by atoms with Crippen molar-refractivity contribution in [1.82, 2.24) is 4.40 Å². The van der Waals surface area contributed by atoms with Crippen LogP contribution in [0.25, 0.3) is 5.52 Å². The molecular weight excluding hydrogens is 329 g/mol. The minimum absolute atomic E-state index is 0. The van der Waals surface area contributed by atoms with Gasteiger partial charge < -0.3 is 26.5 Å². The number of rotatable bonds is 4. The van der Waals surface area contributed by atoms with E-state index in [-0.39, 0.29) is 80.8 Å². The van der Waals surface area contributed by atoms with Gasteiger partial charge in [-0.2, -0.15) is 0 Å². The molecule has 2 aromatic heterocycles. The molecule has 0 unspecified atom stereocenters. The average molecular weight is 345 g/mol. The molecule has 7 heteroatoms. The Kier molecular flexibility index (Phi) is 7.50. The Morgan fingerprint density at radius 2 is 1.77 bits per heavy atom. The van der Waals surface area contributed by atoms with Crippen molar-refractivity contribution in [2.75, 3.05) is 13.2 Å². The predicted molar refractivity (Wildman–Crippen MR) is 79.7 cm³/mol. The number of hydrogen-bond donors (Lipinski definition) is 0. The predicted octanol–water partition coefficient (Wildman–Crippen LogP) is -0.489. The Bertz CT molecular complexity index is 711. The van der Waals surface area contributed by atoms with E-state index in [0.717, 1.165) is 5.56 Å². The van der Waals surface area contributed by atoms with Crippen molar-refractivity contribution in [2.24, 2.45) is 0 Å². The Morgan fingerprint density at radius 1 is 1.18 bits per heavy atom. The van der Waals surface area contributed by atoms with E-state index in [1.807, 2.05) is 13.0 Å². The van der Waals surface area contributed by atoms with Crippen LogP contribution in [0.3, 0.4) is 0 Å². The summed E-state index contributed by atoms with van der Waals surface area (Å²) < 4.78 is 11.6. The molecule has 2 heterocycles. The zero-order chi connectivity index (χ0) is 15.6. The van der Waals surface area contributed by atoms with Gasteiger partial charge >= 0.3 is 63.3 Å². The number of ether oxygens (including phenoxy) is 2. The quantitative estimate of drug-likeness (QED) is 0.425. The maximum absolute atomic E-state index is 12.1. The third-order valence-electron chi connectivity index (χ3n) is 3.00. The van der Waals surface area contributed by atoms with Gasteiger partial charge in [0, 0.05) is 6.20 Å². The Hall–Kier alpha value is -0.444. The molecule has 0 saturated heterocycles. The second kappa shape index (κ2) is 8.42. The number of pyridine rings is 1. The number of carbonyl (C=O) groups is 2. The fourth-order valence-corrected chi connectivity index (χ4v) is 2.50. The SMILES string of the molecule is CCOC(=O)c1c([S-])c(C(=O)OCC)n2ccc(C)cc12.[K+]. The summed E-state index contributed by atoms with van der Waals surface area (Å²) in [6.07, 6.45) is 1.70. The van der Waals surface area contributed by atoms with Gasteiger partial charge in [-0.3, -0.25) is 0 Å². The van der Waals surface area contributed by atoms with Crippen LogP contribution in [0.5, 0.6) is 0 Å². The van der Waals surface area contributed by atoms with Gasteiger partial charge in [-0.15, -0.1) is 4.90 Å². The minimum atomic E-state index is -0.545. The van der Waals surface area contributed by atoms with Crippen molar-refractivity contribution < 1.29 is 70.4 Å². The van der Waals surface area contributed by atoms with Crippen LogP contribution in [0.15, 0.2) is 23.2 Å². The number of aryl methyl sites for hydroxylation is 1. The molecule has 2 rings (SSSR count). The Morgan fingerprint density at radius 3 is 2.36 bits per heavy atom. The molecule has 22 heavy (non-hydrogen) atoms. The number of esters is 2. The van der Waals surface area contributed by atoms with Gasteiger partial charge in [0.15, 0.2) is 0 Å². The van der Waals surface area contributed by atoms with E-state index in [1.54, 1.807) is 30.5 Å². The van der Waals surface area contributed by atoms with Crippen molar-refractivity contribution >= 4 is 30.1 Å². The molecule has 0 aliphatic rings. The summed E-state index contributed by atoms with van der Waals surface area (Å²) in [4.78, 5) is 24.4. The maximum atomic E-state index is 12.1. The molecule has 5 nitrogen and oxygen atoms in total. The van der Waals surface area contributed by atoms with Crippen LogP contribution < -0.4 is 51.4 Å². The normalized spacial score (nSPS) is 10.1. The van der Waals surface area contributed by atoms with Crippen LogP contribution >= 0.6 is 0 Å². The maximum Gasteiger partial charge on any atom is 1.00 e. The summed E-state index contributed by atoms with van der Waals surface area (Å²) in [7, 11) is 0. The molecule has 0 aliphatic carbocycles. The molecule has 0 bridgehead atoms. The molecule has 0 radical (unpaired) electrons. The zero-order valence-corrected chi connectivity index (χ0v) is 17.1. The topological polar surface area (TPSA) is 57.0 Å². The third-order valence-corrected chi connectivity index (χ3v) is 3.40. The first-order valence-corrected chi connectivity index (χ1v) is 7.08. The van der Waals surface area contributed by atoms with Crippen LogP contribution in [-0.2, 0) is 22.1 Å². The molecule has 0 aromatic carbocycles. The Balaban J connectivity index is 0.00000242. The summed E-state index contributed by atoms with van der Waals surface area (Å²) in [6, 6.07) is 3.63. The number of nitrogens with zero attached hydrogens (tertiary/aromatic N) is 1. The summed E-state index contributed by atoms with van der Waals surface area (Å²) >= 11 is 5.29. The van der Waals surface area contributed by atoms with E-state index in [1.165, 1.54) is 0 Å². The monoisotopic (exact) mass is 345 g/mol. The van der Waals surface area contributed by atoms with Gasteiger partial charge in [-0.25, -0.2) is 9.59 Å². The van der Waals surface area contributed by atoms with Crippen LogP contribution in [0, 0.1) is 6.92 Å². The largest absolute Gasteiger partial charge is 1.00 e. The van der Waals surface area contributed by atoms with Crippen molar-refractivity contribution in [3.8, 4) is 0 Å². The molecule has 2 aromatic rings. The van der Waals surface area contributed by atoms with Crippen molar-refractivity contribution in [3.05, 3.63) is 35.2 Å². The molecule has 0 fully saturated rings. The smallest absolute Gasteiger partial charge is 0.777 e. The van der Waals surface area contributed by atoms with E-state index in [2.05, 4.69) is 0 Å². The summed E-state index contributed by atoms with van der Waals surface area (Å²) in [5, 5.41) is 0. The molecular formula is C15H16KNO4S. The summed E-state index contributed by atoms with van der Waals surface area (Å²) in [5.41, 5.74) is 1.93. The molecule has 0 spiro atoms. The van der Waals surface area contributed by atoms with Gasteiger partial charge in [0.1, 0.15) is 5.69 Å².